The molecule has 0 aliphatic heterocycles. The molecule has 20 heavy (non-hydrogen) atoms. The van der Waals surface area contributed by atoms with E-state index in [4.69, 9.17) is 11.6 Å². The Bertz CT molecular complexity index is 649. The van der Waals surface area contributed by atoms with E-state index in [1.165, 1.54) is 0 Å². The number of nitrogens with zero attached hydrogens (tertiary/aromatic N) is 1. The normalized spacial score (nSPS) is 14.3. The van der Waals surface area contributed by atoms with E-state index in [0.717, 1.165) is 22.9 Å². The van der Waals surface area contributed by atoms with Crippen LogP contribution in [0.25, 0.3) is 0 Å². The maximum atomic E-state index is 12.3. The standard InChI is InChI=1S/C15H14BrClN2O/c16-11-7-14(19(9-11)12-5-6-12)15(20)18-8-10-3-1-2-4-13(10)17/h1-4,7,9,12H,5-6,8H2,(H,18,20). The highest BCUT2D eigenvalue weighted by molar-refractivity contribution is 9.10. The SMILES string of the molecule is O=C(NCc1ccccc1Cl)c1cc(Br)cn1C1CC1. The molecule has 1 amide bonds. The summed E-state index contributed by atoms with van der Waals surface area (Å²) in [6, 6.07) is 9.87. The Hall–Kier alpha value is -1.26. The smallest absolute Gasteiger partial charge is 0.268 e. The van der Waals surface area contributed by atoms with Crippen LogP contribution in [0.3, 0.4) is 0 Å². The molecule has 1 heterocycles. The van der Waals surface area contributed by atoms with Gasteiger partial charge in [0.05, 0.1) is 0 Å². The van der Waals surface area contributed by atoms with Crippen LogP contribution in [0, 0.1) is 0 Å². The molecule has 1 aromatic heterocycles. The van der Waals surface area contributed by atoms with E-state index in [0.29, 0.717) is 23.3 Å². The van der Waals surface area contributed by atoms with Gasteiger partial charge in [-0.25, -0.2) is 0 Å². The number of hydrogen-bond donors (Lipinski definition) is 1. The number of benzene rings is 1. The van der Waals surface area contributed by atoms with Crippen molar-refractivity contribution in [2.75, 3.05) is 0 Å². The molecule has 0 atom stereocenters. The molecule has 5 heteroatoms. The molecule has 0 bridgehead atoms. The first-order valence-corrected chi connectivity index (χ1v) is 7.71. The van der Waals surface area contributed by atoms with Crippen LogP contribution in [0.2, 0.25) is 5.02 Å². The summed E-state index contributed by atoms with van der Waals surface area (Å²) in [7, 11) is 0. The second kappa shape index (κ2) is 5.62. The van der Waals surface area contributed by atoms with Crippen LogP contribution in [0.1, 0.15) is 34.9 Å². The fourth-order valence-electron chi connectivity index (χ4n) is 2.19. The fourth-order valence-corrected chi connectivity index (χ4v) is 2.83. The van der Waals surface area contributed by atoms with Gasteiger partial charge < -0.3 is 9.88 Å². The lowest BCUT2D eigenvalue weighted by atomic mass is 10.2. The van der Waals surface area contributed by atoms with Crippen molar-refractivity contribution in [2.45, 2.75) is 25.4 Å². The predicted molar refractivity (Wildman–Crippen MR) is 83.0 cm³/mol. The molecule has 1 aliphatic carbocycles. The number of aromatic nitrogens is 1. The maximum absolute atomic E-state index is 12.3. The van der Waals surface area contributed by atoms with Crippen LogP contribution in [0.5, 0.6) is 0 Å². The fraction of sp³-hybridized carbons (Fsp3) is 0.267. The summed E-state index contributed by atoms with van der Waals surface area (Å²) in [4.78, 5) is 12.3. The van der Waals surface area contributed by atoms with Crippen molar-refractivity contribution in [2.24, 2.45) is 0 Å². The molecule has 104 valence electrons. The van der Waals surface area contributed by atoms with Crippen LogP contribution in [0.15, 0.2) is 41.0 Å². The lowest BCUT2D eigenvalue weighted by molar-refractivity contribution is 0.0941. The van der Waals surface area contributed by atoms with Gasteiger partial charge in [0.25, 0.3) is 5.91 Å². The van der Waals surface area contributed by atoms with Crippen molar-refractivity contribution in [3.8, 4) is 0 Å². The number of carbonyl (C=O) groups is 1. The average molecular weight is 354 g/mol. The Morgan fingerprint density at radius 2 is 2.15 bits per heavy atom. The van der Waals surface area contributed by atoms with Crippen molar-refractivity contribution >= 4 is 33.4 Å². The molecular formula is C15H14BrClN2O. The number of carbonyl (C=O) groups excluding carboxylic acids is 1. The third kappa shape index (κ3) is 2.91. The Balaban J connectivity index is 1.72. The first-order valence-electron chi connectivity index (χ1n) is 6.54. The van der Waals surface area contributed by atoms with E-state index in [1.54, 1.807) is 0 Å². The van der Waals surface area contributed by atoms with E-state index < -0.39 is 0 Å². The molecule has 1 saturated carbocycles. The highest BCUT2D eigenvalue weighted by Crippen LogP contribution is 2.37. The minimum absolute atomic E-state index is 0.0671. The van der Waals surface area contributed by atoms with Gasteiger partial charge in [-0.2, -0.15) is 0 Å². The topological polar surface area (TPSA) is 34.0 Å². The zero-order valence-electron chi connectivity index (χ0n) is 10.8. The molecule has 1 N–H and O–H groups in total. The Kier molecular flexibility index (Phi) is 3.85. The van der Waals surface area contributed by atoms with E-state index in [2.05, 4.69) is 21.2 Å². The molecule has 0 spiro atoms. The molecule has 2 aromatic rings. The van der Waals surface area contributed by atoms with Gasteiger partial charge in [-0.1, -0.05) is 29.8 Å². The third-order valence-corrected chi connectivity index (χ3v) is 4.19. The number of hydrogen-bond acceptors (Lipinski definition) is 1. The van der Waals surface area contributed by atoms with Crippen LogP contribution < -0.4 is 5.32 Å². The zero-order valence-corrected chi connectivity index (χ0v) is 13.1. The summed E-state index contributed by atoms with van der Waals surface area (Å²) in [5.74, 6) is -0.0671. The maximum Gasteiger partial charge on any atom is 0.268 e. The summed E-state index contributed by atoms with van der Waals surface area (Å²) < 4.78 is 2.98. The second-order valence-corrected chi connectivity index (χ2v) is 6.28. The zero-order chi connectivity index (χ0) is 14.1. The largest absolute Gasteiger partial charge is 0.347 e. The minimum atomic E-state index is -0.0671. The van der Waals surface area contributed by atoms with Gasteiger partial charge in [-0.05, 0) is 46.5 Å². The van der Waals surface area contributed by atoms with Crippen LogP contribution in [-0.2, 0) is 6.54 Å². The van der Waals surface area contributed by atoms with Gasteiger partial charge in [0.1, 0.15) is 5.69 Å². The molecule has 0 radical (unpaired) electrons. The number of rotatable bonds is 4. The lowest BCUT2D eigenvalue weighted by Crippen LogP contribution is -2.25. The second-order valence-electron chi connectivity index (χ2n) is 4.96. The van der Waals surface area contributed by atoms with Gasteiger partial charge in [-0.3, -0.25) is 4.79 Å². The van der Waals surface area contributed by atoms with Crippen molar-refractivity contribution in [3.05, 3.63) is 57.3 Å². The van der Waals surface area contributed by atoms with E-state index in [9.17, 15) is 4.79 Å². The molecular weight excluding hydrogens is 340 g/mol. The van der Waals surface area contributed by atoms with Crippen molar-refractivity contribution in [1.29, 1.82) is 0 Å². The molecule has 1 aliphatic rings. The quantitative estimate of drug-likeness (QED) is 0.879. The molecule has 3 nitrogen and oxygen atoms in total. The molecule has 3 rings (SSSR count). The van der Waals surface area contributed by atoms with Gasteiger partial charge in [-0.15, -0.1) is 0 Å². The van der Waals surface area contributed by atoms with E-state index in [1.807, 2.05) is 41.1 Å². The van der Waals surface area contributed by atoms with Gasteiger partial charge in [0, 0.05) is 28.3 Å². The predicted octanol–water partition coefficient (Wildman–Crippen LogP) is 4.17. The van der Waals surface area contributed by atoms with Gasteiger partial charge in [0.15, 0.2) is 0 Å². The first-order chi connectivity index (χ1) is 9.65. The van der Waals surface area contributed by atoms with Crippen LogP contribution >= 0.6 is 27.5 Å². The Morgan fingerprint density at radius 1 is 1.40 bits per heavy atom. The minimum Gasteiger partial charge on any atom is -0.347 e. The molecule has 1 fully saturated rings. The molecule has 0 unspecified atom stereocenters. The highest BCUT2D eigenvalue weighted by atomic mass is 79.9. The average Bonchev–Trinajstić information content (AvgIpc) is 3.20. The highest BCUT2D eigenvalue weighted by Gasteiger charge is 2.27. The van der Waals surface area contributed by atoms with Crippen LogP contribution in [-0.4, -0.2) is 10.5 Å². The third-order valence-electron chi connectivity index (χ3n) is 3.39. The van der Waals surface area contributed by atoms with Crippen molar-refractivity contribution in [3.63, 3.8) is 0 Å². The van der Waals surface area contributed by atoms with Crippen molar-refractivity contribution in [1.82, 2.24) is 9.88 Å². The van der Waals surface area contributed by atoms with Crippen LogP contribution in [0.4, 0.5) is 0 Å². The molecule has 1 aromatic carbocycles. The summed E-state index contributed by atoms with van der Waals surface area (Å²) in [6.45, 7) is 0.436. The number of nitrogens with one attached hydrogen (secondary N) is 1. The monoisotopic (exact) mass is 352 g/mol. The van der Waals surface area contributed by atoms with E-state index in [-0.39, 0.29) is 5.91 Å². The summed E-state index contributed by atoms with van der Waals surface area (Å²) >= 11 is 9.52. The lowest BCUT2D eigenvalue weighted by Gasteiger charge is -2.09. The Labute approximate surface area is 131 Å². The Morgan fingerprint density at radius 3 is 2.85 bits per heavy atom. The summed E-state index contributed by atoms with van der Waals surface area (Å²) in [6.07, 6.45) is 4.26. The number of halogens is 2. The summed E-state index contributed by atoms with van der Waals surface area (Å²) in [5, 5.41) is 3.60. The summed E-state index contributed by atoms with van der Waals surface area (Å²) in [5.41, 5.74) is 1.62. The number of amides is 1. The van der Waals surface area contributed by atoms with Gasteiger partial charge >= 0.3 is 0 Å². The van der Waals surface area contributed by atoms with E-state index >= 15 is 0 Å². The van der Waals surface area contributed by atoms with Crippen molar-refractivity contribution < 1.29 is 4.79 Å². The molecule has 0 saturated heterocycles. The first kappa shape index (κ1) is 13.7. The van der Waals surface area contributed by atoms with Gasteiger partial charge in [0.2, 0.25) is 0 Å².